The molecule has 1 atom stereocenters. The SMILES string of the molecule is CC(C)N1CC2(COCC1=O)CN(C(=O)Cc1ccc(F)cc1)CCO2. The van der Waals surface area contributed by atoms with Crippen LogP contribution >= 0.6 is 0 Å². The van der Waals surface area contributed by atoms with Crippen molar-refractivity contribution in [3.05, 3.63) is 35.6 Å². The summed E-state index contributed by atoms with van der Waals surface area (Å²) in [6, 6.07) is 5.99. The summed E-state index contributed by atoms with van der Waals surface area (Å²) in [5.41, 5.74) is 0.0701. The number of ether oxygens (including phenoxy) is 2. The second-order valence-corrected chi connectivity index (χ2v) is 7.26. The molecule has 7 heteroatoms. The van der Waals surface area contributed by atoms with Gasteiger partial charge in [-0.05, 0) is 31.5 Å². The number of carbonyl (C=O) groups excluding carboxylic acids is 2. The third kappa shape index (κ3) is 4.22. The minimum Gasteiger partial charge on any atom is -0.368 e. The van der Waals surface area contributed by atoms with Gasteiger partial charge in [0.2, 0.25) is 11.8 Å². The Kier molecular flexibility index (Phi) is 5.58. The van der Waals surface area contributed by atoms with E-state index in [0.29, 0.717) is 26.2 Å². The minimum absolute atomic E-state index is 0.0345. The Labute approximate surface area is 152 Å². The highest BCUT2D eigenvalue weighted by Gasteiger charge is 2.43. The first-order valence-corrected chi connectivity index (χ1v) is 8.92. The molecule has 142 valence electrons. The molecule has 0 aliphatic carbocycles. The zero-order valence-corrected chi connectivity index (χ0v) is 15.2. The standard InChI is InChI=1S/C19H25FN2O4/c1-14(2)22-12-19(13-25-10-18(22)24)11-21(7-8-26-19)17(23)9-15-3-5-16(20)6-4-15/h3-6,14H,7-13H2,1-2H3. The van der Waals surface area contributed by atoms with E-state index in [1.165, 1.54) is 12.1 Å². The first kappa shape index (κ1) is 18.8. The van der Waals surface area contributed by atoms with Gasteiger partial charge in [-0.3, -0.25) is 9.59 Å². The summed E-state index contributed by atoms with van der Waals surface area (Å²) < 4.78 is 24.6. The van der Waals surface area contributed by atoms with E-state index in [4.69, 9.17) is 9.47 Å². The molecule has 1 aromatic carbocycles. The Morgan fingerprint density at radius 3 is 2.69 bits per heavy atom. The number of carbonyl (C=O) groups is 2. The number of nitrogens with zero attached hydrogens (tertiary/aromatic N) is 2. The average molecular weight is 364 g/mol. The molecule has 2 aliphatic rings. The van der Waals surface area contributed by atoms with Gasteiger partial charge in [-0.25, -0.2) is 4.39 Å². The third-order valence-corrected chi connectivity index (χ3v) is 4.86. The lowest BCUT2D eigenvalue weighted by Gasteiger charge is -2.44. The van der Waals surface area contributed by atoms with Crippen LogP contribution in [0.5, 0.6) is 0 Å². The lowest BCUT2D eigenvalue weighted by Crippen LogP contribution is -2.61. The van der Waals surface area contributed by atoms with Crippen molar-refractivity contribution in [1.29, 1.82) is 0 Å². The van der Waals surface area contributed by atoms with Crippen LogP contribution in [0.1, 0.15) is 19.4 Å². The molecule has 3 rings (SSSR count). The number of benzene rings is 1. The highest BCUT2D eigenvalue weighted by Crippen LogP contribution is 2.24. The molecule has 2 amide bonds. The van der Waals surface area contributed by atoms with E-state index in [1.807, 2.05) is 13.8 Å². The largest absolute Gasteiger partial charge is 0.368 e. The van der Waals surface area contributed by atoms with Crippen LogP contribution < -0.4 is 0 Å². The quantitative estimate of drug-likeness (QED) is 0.810. The van der Waals surface area contributed by atoms with Crippen molar-refractivity contribution >= 4 is 11.8 Å². The normalized spacial score (nSPS) is 24.2. The van der Waals surface area contributed by atoms with Crippen molar-refractivity contribution in [2.45, 2.75) is 31.9 Å². The van der Waals surface area contributed by atoms with E-state index < -0.39 is 5.60 Å². The Hall–Kier alpha value is -1.99. The molecule has 0 radical (unpaired) electrons. The Balaban J connectivity index is 1.70. The molecule has 6 nitrogen and oxygen atoms in total. The van der Waals surface area contributed by atoms with Crippen LogP contribution in [0.3, 0.4) is 0 Å². The van der Waals surface area contributed by atoms with Gasteiger partial charge in [-0.15, -0.1) is 0 Å². The van der Waals surface area contributed by atoms with Gasteiger partial charge in [0.05, 0.1) is 32.7 Å². The molecule has 2 saturated heterocycles. The maximum absolute atomic E-state index is 13.0. The molecule has 2 aliphatic heterocycles. The van der Waals surface area contributed by atoms with Gasteiger partial charge >= 0.3 is 0 Å². The van der Waals surface area contributed by atoms with Crippen LogP contribution in [-0.2, 0) is 25.5 Å². The van der Waals surface area contributed by atoms with Crippen LogP contribution in [0, 0.1) is 5.82 Å². The number of morpholine rings is 1. The fraction of sp³-hybridized carbons (Fsp3) is 0.579. The van der Waals surface area contributed by atoms with E-state index >= 15 is 0 Å². The maximum Gasteiger partial charge on any atom is 0.248 e. The monoisotopic (exact) mass is 364 g/mol. The molecule has 1 spiro atoms. The summed E-state index contributed by atoms with van der Waals surface area (Å²) in [4.78, 5) is 28.4. The first-order chi connectivity index (χ1) is 12.4. The minimum atomic E-state index is -0.701. The summed E-state index contributed by atoms with van der Waals surface area (Å²) in [7, 11) is 0. The van der Waals surface area contributed by atoms with Gasteiger partial charge in [-0.1, -0.05) is 12.1 Å². The third-order valence-electron chi connectivity index (χ3n) is 4.86. The first-order valence-electron chi connectivity index (χ1n) is 8.92. The lowest BCUT2D eigenvalue weighted by molar-refractivity contribution is -0.162. The summed E-state index contributed by atoms with van der Waals surface area (Å²) >= 11 is 0. The summed E-state index contributed by atoms with van der Waals surface area (Å²) in [5.74, 6) is -0.415. The average Bonchev–Trinajstić information content (AvgIpc) is 2.76. The number of rotatable bonds is 3. The second kappa shape index (κ2) is 7.72. The van der Waals surface area contributed by atoms with Crippen molar-refractivity contribution in [3.8, 4) is 0 Å². The molecule has 0 bridgehead atoms. The topological polar surface area (TPSA) is 59.1 Å². The van der Waals surface area contributed by atoms with Crippen molar-refractivity contribution in [2.75, 3.05) is 39.5 Å². The van der Waals surface area contributed by atoms with Crippen molar-refractivity contribution in [2.24, 2.45) is 0 Å². The van der Waals surface area contributed by atoms with E-state index in [9.17, 15) is 14.0 Å². The molecule has 2 heterocycles. The Morgan fingerprint density at radius 2 is 2.00 bits per heavy atom. The number of amides is 2. The highest BCUT2D eigenvalue weighted by molar-refractivity contribution is 5.79. The molecule has 2 fully saturated rings. The van der Waals surface area contributed by atoms with Crippen molar-refractivity contribution < 1.29 is 23.5 Å². The van der Waals surface area contributed by atoms with E-state index in [1.54, 1.807) is 21.9 Å². The van der Waals surface area contributed by atoms with Crippen LogP contribution in [0.2, 0.25) is 0 Å². The molecule has 1 unspecified atom stereocenters. The van der Waals surface area contributed by atoms with Crippen LogP contribution in [-0.4, -0.2) is 72.7 Å². The van der Waals surface area contributed by atoms with Crippen LogP contribution in [0.15, 0.2) is 24.3 Å². The predicted molar refractivity (Wildman–Crippen MR) is 93.0 cm³/mol. The van der Waals surface area contributed by atoms with Gasteiger partial charge in [0.25, 0.3) is 0 Å². The molecule has 1 aromatic rings. The van der Waals surface area contributed by atoms with Crippen molar-refractivity contribution in [1.82, 2.24) is 9.80 Å². The number of halogens is 1. The van der Waals surface area contributed by atoms with Gasteiger partial charge in [0.1, 0.15) is 18.0 Å². The van der Waals surface area contributed by atoms with Gasteiger partial charge in [0, 0.05) is 12.6 Å². The smallest absolute Gasteiger partial charge is 0.248 e. The summed E-state index contributed by atoms with van der Waals surface area (Å²) in [6.07, 6.45) is 0.212. The predicted octanol–water partition coefficient (Wildman–Crippen LogP) is 1.23. The van der Waals surface area contributed by atoms with Crippen molar-refractivity contribution in [3.63, 3.8) is 0 Å². The summed E-state index contributed by atoms with van der Waals surface area (Å²) in [5, 5.41) is 0. The van der Waals surface area contributed by atoms with E-state index in [-0.39, 0.29) is 43.3 Å². The van der Waals surface area contributed by atoms with Gasteiger partial charge in [0.15, 0.2) is 0 Å². The Bertz CT molecular complexity index is 664. The summed E-state index contributed by atoms with van der Waals surface area (Å²) in [6.45, 7) is 5.91. The maximum atomic E-state index is 13.0. The zero-order chi connectivity index (χ0) is 18.7. The number of hydrogen-bond donors (Lipinski definition) is 0. The van der Waals surface area contributed by atoms with Gasteiger partial charge in [-0.2, -0.15) is 0 Å². The lowest BCUT2D eigenvalue weighted by atomic mass is 10.00. The highest BCUT2D eigenvalue weighted by atomic mass is 19.1. The second-order valence-electron chi connectivity index (χ2n) is 7.26. The Morgan fingerprint density at radius 1 is 1.27 bits per heavy atom. The number of hydrogen-bond acceptors (Lipinski definition) is 4. The molecule has 26 heavy (non-hydrogen) atoms. The van der Waals surface area contributed by atoms with E-state index in [0.717, 1.165) is 5.56 Å². The fourth-order valence-corrected chi connectivity index (χ4v) is 3.45. The van der Waals surface area contributed by atoms with Crippen LogP contribution in [0.4, 0.5) is 4.39 Å². The molecule has 0 N–H and O–H groups in total. The van der Waals surface area contributed by atoms with Crippen LogP contribution in [0.25, 0.3) is 0 Å². The van der Waals surface area contributed by atoms with Gasteiger partial charge < -0.3 is 19.3 Å². The molecular formula is C19H25FN2O4. The molecule has 0 saturated carbocycles. The zero-order valence-electron chi connectivity index (χ0n) is 15.2. The molecule has 0 aromatic heterocycles. The molecular weight excluding hydrogens is 339 g/mol. The van der Waals surface area contributed by atoms with E-state index in [2.05, 4.69) is 0 Å². The fourth-order valence-electron chi connectivity index (χ4n) is 3.45.